The van der Waals surface area contributed by atoms with Gasteiger partial charge in [0.25, 0.3) is 0 Å². The Labute approximate surface area is 90.7 Å². The van der Waals surface area contributed by atoms with E-state index in [0.717, 1.165) is 5.56 Å². The van der Waals surface area contributed by atoms with Crippen LogP contribution in [0.3, 0.4) is 0 Å². The van der Waals surface area contributed by atoms with Gasteiger partial charge < -0.3 is 9.47 Å². The fourth-order valence-corrected chi connectivity index (χ4v) is 1.10. The molecule has 0 radical (unpaired) electrons. The molecule has 0 N–H and O–H groups in total. The Balaban J connectivity index is 0.000000531. The van der Waals surface area contributed by atoms with Gasteiger partial charge in [-0.25, -0.2) is 9.97 Å². The van der Waals surface area contributed by atoms with Gasteiger partial charge in [-0.15, -0.1) is 0 Å². The summed E-state index contributed by atoms with van der Waals surface area (Å²) in [5.41, 5.74) is 0.803. The van der Waals surface area contributed by atoms with E-state index in [0.29, 0.717) is 19.2 Å². The maximum absolute atomic E-state index is 5.55. The summed E-state index contributed by atoms with van der Waals surface area (Å²) in [4.78, 5) is 8.11. The van der Waals surface area contributed by atoms with Crippen LogP contribution in [-0.4, -0.2) is 28.8 Å². The molecule has 4 nitrogen and oxygen atoms in total. The van der Waals surface area contributed by atoms with E-state index in [1.807, 2.05) is 27.7 Å². The van der Waals surface area contributed by atoms with Crippen LogP contribution in [-0.2, 0) is 4.74 Å². The van der Waals surface area contributed by atoms with Gasteiger partial charge in [0.15, 0.2) is 5.60 Å². The lowest BCUT2D eigenvalue weighted by molar-refractivity contribution is -0.153. The van der Waals surface area contributed by atoms with E-state index in [1.54, 1.807) is 12.4 Å². The molecule has 4 heteroatoms. The van der Waals surface area contributed by atoms with Crippen LogP contribution in [0.1, 0.15) is 26.3 Å². The molecule has 0 aliphatic carbocycles. The third kappa shape index (κ3) is 3.16. The molecule has 1 saturated heterocycles. The van der Waals surface area contributed by atoms with Crippen molar-refractivity contribution in [2.45, 2.75) is 33.3 Å². The molecule has 0 aromatic carbocycles. The molecule has 1 aromatic heterocycles. The third-order valence-electron chi connectivity index (χ3n) is 1.91. The Morgan fingerprint density at radius 2 is 1.80 bits per heavy atom. The molecule has 1 aliphatic heterocycles. The molecule has 0 bridgehead atoms. The Bertz CT molecular complexity index is 294. The zero-order chi connectivity index (χ0) is 11.3. The molecule has 2 rings (SSSR count). The Kier molecular flexibility index (Phi) is 4.03. The highest BCUT2D eigenvalue weighted by Crippen LogP contribution is 2.21. The maximum Gasteiger partial charge on any atom is 0.317 e. The summed E-state index contributed by atoms with van der Waals surface area (Å²) in [5.74, 6) is 0. The van der Waals surface area contributed by atoms with Crippen molar-refractivity contribution in [1.82, 2.24) is 9.97 Å². The van der Waals surface area contributed by atoms with Gasteiger partial charge >= 0.3 is 6.01 Å². The first-order valence-corrected chi connectivity index (χ1v) is 5.23. The highest BCUT2D eigenvalue weighted by Gasteiger charge is 2.36. The van der Waals surface area contributed by atoms with Crippen molar-refractivity contribution in [3.05, 3.63) is 18.0 Å². The SMILES string of the molecule is CC.Cc1cnc(OC2(C)COC2)nc1. The smallest absolute Gasteiger partial charge is 0.317 e. The summed E-state index contributed by atoms with van der Waals surface area (Å²) in [6.45, 7) is 9.16. The zero-order valence-corrected chi connectivity index (χ0v) is 9.78. The molecule has 0 spiro atoms. The minimum Gasteiger partial charge on any atom is -0.452 e. The summed E-state index contributed by atoms with van der Waals surface area (Å²) in [7, 11) is 0. The Morgan fingerprint density at radius 1 is 1.27 bits per heavy atom. The van der Waals surface area contributed by atoms with Crippen LogP contribution in [0.25, 0.3) is 0 Å². The average Bonchev–Trinajstić information content (AvgIpc) is 2.22. The number of nitrogens with zero attached hydrogens (tertiary/aromatic N) is 2. The topological polar surface area (TPSA) is 44.2 Å². The lowest BCUT2D eigenvalue weighted by Crippen LogP contribution is -2.51. The van der Waals surface area contributed by atoms with E-state index in [9.17, 15) is 0 Å². The molecular formula is C11H18N2O2. The lowest BCUT2D eigenvalue weighted by atomic mass is 10.1. The predicted octanol–water partition coefficient (Wildman–Crippen LogP) is 1.98. The molecule has 84 valence electrons. The van der Waals surface area contributed by atoms with Crippen molar-refractivity contribution in [2.75, 3.05) is 13.2 Å². The van der Waals surface area contributed by atoms with Crippen LogP contribution >= 0.6 is 0 Å². The molecule has 2 heterocycles. The van der Waals surface area contributed by atoms with Crippen LogP contribution in [0.5, 0.6) is 6.01 Å². The van der Waals surface area contributed by atoms with Gasteiger partial charge in [-0.3, -0.25) is 0 Å². The Hall–Kier alpha value is -1.16. The number of hydrogen-bond donors (Lipinski definition) is 0. The number of hydrogen-bond acceptors (Lipinski definition) is 4. The van der Waals surface area contributed by atoms with E-state index in [1.165, 1.54) is 0 Å². The van der Waals surface area contributed by atoms with Crippen LogP contribution in [0.4, 0.5) is 0 Å². The fraction of sp³-hybridized carbons (Fsp3) is 0.636. The highest BCUT2D eigenvalue weighted by atomic mass is 16.6. The minimum atomic E-state index is -0.227. The van der Waals surface area contributed by atoms with Crippen molar-refractivity contribution in [1.29, 1.82) is 0 Å². The van der Waals surface area contributed by atoms with Gasteiger partial charge in [-0.2, -0.15) is 0 Å². The normalized spacial score (nSPS) is 17.1. The van der Waals surface area contributed by atoms with Gasteiger partial charge in [0, 0.05) is 12.4 Å². The first-order chi connectivity index (χ1) is 7.18. The van der Waals surface area contributed by atoms with Gasteiger partial charge in [0.1, 0.15) is 0 Å². The number of aromatic nitrogens is 2. The highest BCUT2D eigenvalue weighted by molar-refractivity contribution is 5.06. The molecule has 15 heavy (non-hydrogen) atoms. The molecule has 0 amide bonds. The van der Waals surface area contributed by atoms with Crippen molar-refractivity contribution in [3.8, 4) is 6.01 Å². The van der Waals surface area contributed by atoms with Crippen LogP contribution in [0, 0.1) is 6.92 Å². The van der Waals surface area contributed by atoms with Gasteiger partial charge in [-0.05, 0) is 19.4 Å². The number of rotatable bonds is 2. The fourth-order valence-electron chi connectivity index (χ4n) is 1.10. The zero-order valence-electron chi connectivity index (χ0n) is 9.78. The van der Waals surface area contributed by atoms with E-state index >= 15 is 0 Å². The largest absolute Gasteiger partial charge is 0.452 e. The first kappa shape index (κ1) is 11.9. The first-order valence-electron chi connectivity index (χ1n) is 5.23. The second-order valence-electron chi connectivity index (χ2n) is 3.59. The van der Waals surface area contributed by atoms with Crippen molar-refractivity contribution >= 4 is 0 Å². The number of ether oxygens (including phenoxy) is 2. The predicted molar refractivity (Wildman–Crippen MR) is 58.0 cm³/mol. The van der Waals surface area contributed by atoms with E-state index < -0.39 is 0 Å². The van der Waals surface area contributed by atoms with E-state index in [4.69, 9.17) is 9.47 Å². The number of aryl methyl sites for hydroxylation is 1. The average molecular weight is 210 g/mol. The van der Waals surface area contributed by atoms with Crippen LogP contribution < -0.4 is 4.74 Å². The summed E-state index contributed by atoms with van der Waals surface area (Å²) < 4.78 is 10.6. The molecule has 0 saturated carbocycles. The quantitative estimate of drug-likeness (QED) is 0.748. The van der Waals surface area contributed by atoms with Crippen molar-refractivity contribution in [3.63, 3.8) is 0 Å². The summed E-state index contributed by atoms with van der Waals surface area (Å²) in [5, 5.41) is 0. The summed E-state index contributed by atoms with van der Waals surface area (Å²) >= 11 is 0. The molecule has 1 aromatic rings. The maximum atomic E-state index is 5.55. The third-order valence-corrected chi connectivity index (χ3v) is 1.91. The second-order valence-corrected chi connectivity index (χ2v) is 3.59. The molecule has 0 atom stereocenters. The van der Waals surface area contributed by atoms with Gasteiger partial charge in [0.05, 0.1) is 13.2 Å². The van der Waals surface area contributed by atoms with Gasteiger partial charge in [-0.1, -0.05) is 13.8 Å². The van der Waals surface area contributed by atoms with Gasteiger partial charge in [0.2, 0.25) is 0 Å². The molecule has 0 unspecified atom stereocenters. The molecular weight excluding hydrogens is 192 g/mol. The molecule has 1 aliphatic rings. The lowest BCUT2D eigenvalue weighted by Gasteiger charge is -2.36. The van der Waals surface area contributed by atoms with Crippen LogP contribution in [0.15, 0.2) is 12.4 Å². The summed E-state index contributed by atoms with van der Waals surface area (Å²) in [6, 6.07) is 0.427. The van der Waals surface area contributed by atoms with Crippen molar-refractivity contribution < 1.29 is 9.47 Å². The van der Waals surface area contributed by atoms with Crippen LogP contribution in [0.2, 0.25) is 0 Å². The molecule has 1 fully saturated rings. The summed E-state index contributed by atoms with van der Waals surface area (Å²) in [6.07, 6.45) is 3.48. The standard InChI is InChI=1S/C9H12N2O2.C2H6/c1-7-3-10-8(11-4-7)13-9(2)5-12-6-9;1-2/h3-4H,5-6H2,1-2H3;1-2H3. The Morgan fingerprint density at radius 3 is 2.20 bits per heavy atom. The monoisotopic (exact) mass is 210 g/mol. The van der Waals surface area contributed by atoms with E-state index in [-0.39, 0.29) is 5.60 Å². The van der Waals surface area contributed by atoms with E-state index in [2.05, 4.69) is 9.97 Å². The second kappa shape index (κ2) is 5.07. The van der Waals surface area contributed by atoms with Crippen molar-refractivity contribution in [2.24, 2.45) is 0 Å². The minimum absolute atomic E-state index is 0.227.